The number of fused-ring (bicyclic) bond motifs is 3. The molecule has 3 fully saturated rings. The molecule has 0 nitrogen and oxygen atoms in total. The van der Waals surface area contributed by atoms with E-state index in [1.807, 2.05) is 0 Å². The molecule has 0 aromatic heterocycles. The van der Waals surface area contributed by atoms with Crippen LogP contribution in [0.3, 0.4) is 0 Å². The number of hydrogen-bond donors (Lipinski definition) is 0. The van der Waals surface area contributed by atoms with Crippen LogP contribution in [-0.2, 0) is 0 Å². The van der Waals surface area contributed by atoms with Gasteiger partial charge in [0.05, 0.1) is 0 Å². The van der Waals surface area contributed by atoms with Gasteiger partial charge in [0.2, 0.25) is 0 Å². The Bertz CT molecular complexity index is 492. The summed E-state index contributed by atoms with van der Waals surface area (Å²) in [5.41, 5.74) is 3.47. The highest BCUT2D eigenvalue weighted by Crippen LogP contribution is 2.66. The zero-order valence-electron chi connectivity index (χ0n) is 15.7. The molecule has 0 radical (unpaired) electrons. The van der Waals surface area contributed by atoms with Crippen LogP contribution in [0.2, 0.25) is 0 Å². The van der Waals surface area contributed by atoms with E-state index in [2.05, 4.69) is 43.2 Å². The van der Waals surface area contributed by atoms with Crippen LogP contribution in [0.25, 0.3) is 0 Å². The van der Waals surface area contributed by atoms with E-state index in [0.717, 1.165) is 30.1 Å². The Balaban J connectivity index is 1.85. The summed E-state index contributed by atoms with van der Waals surface area (Å²) in [5, 5.41) is 0.285. The first-order valence-corrected chi connectivity index (χ1v) is 10.5. The second-order valence-electron chi connectivity index (χ2n) is 9.24. The van der Waals surface area contributed by atoms with Gasteiger partial charge in [0.1, 0.15) is 0 Å². The third kappa shape index (κ3) is 2.78. The number of allylic oxidation sites excluding steroid dienone is 2. The lowest BCUT2D eigenvalue weighted by Gasteiger charge is -2.57. The van der Waals surface area contributed by atoms with E-state index in [4.69, 9.17) is 0 Å². The third-order valence-electron chi connectivity index (χ3n) is 8.19. The molecule has 3 aliphatic carbocycles. The molecule has 0 spiro atoms. The molecule has 0 amide bonds. The van der Waals surface area contributed by atoms with E-state index in [0.29, 0.717) is 5.41 Å². The summed E-state index contributed by atoms with van der Waals surface area (Å²) in [4.78, 5) is 0. The van der Waals surface area contributed by atoms with Gasteiger partial charge in [-0.2, -0.15) is 0 Å². The lowest BCUT2D eigenvalue weighted by atomic mass is 9.51. The standard InChI is InChI=1S/C22H37P/c1-6-17-8-10-19-18-9-7-16(4)22(23,14-11-15(2)3)20(18)12-13-21(17,19)5/h17-20H,2,4,6-14,23H2,1,3,5H3. The molecule has 3 saturated carbocycles. The van der Waals surface area contributed by atoms with Gasteiger partial charge in [-0.15, -0.1) is 15.8 Å². The first-order chi connectivity index (χ1) is 10.8. The molecule has 0 aromatic carbocycles. The fourth-order valence-electron chi connectivity index (χ4n) is 6.73. The lowest BCUT2D eigenvalue weighted by Crippen LogP contribution is -2.51. The van der Waals surface area contributed by atoms with Crippen molar-refractivity contribution in [3.8, 4) is 0 Å². The van der Waals surface area contributed by atoms with Crippen LogP contribution >= 0.6 is 9.24 Å². The van der Waals surface area contributed by atoms with E-state index in [1.165, 1.54) is 62.5 Å². The van der Waals surface area contributed by atoms with E-state index in [1.54, 1.807) is 0 Å². The summed E-state index contributed by atoms with van der Waals surface area (Å²) in [7, 11) is 3.30. The Morgan fingerprint density at radius 2 is 1.96 bits per heavy atom. The average molecular weight is 333 g/mol. The number of rotatable bonds is 4. The summed E-state index contributed by atoms with van der Waals surface area (Å²) >= 11 is 0. The Morgan fingerprint density at radius 1 is 1.22 bits per heavy atom. The summed E-state index contributed by atoms with van der Waals surface area (Å²) in [5.74, 6) is 3.75. The van der Waals surface area contributed by atoms with Gasteiger partial charge in [-0.1, -0.05) is 38.0 Å². The van der Waals surface area contributed by atoms with Crippen molar-refractivity contribution < 1.29 is 0 Å². The molecular weight excluding hydrogens is 295 g/mol. The molecule has 7 atom stereocenters. The van der Waals surface area contributed by atoms with Gasteiger partial charge >= 0.3 is 0 Å². The summed E-state index contributed by atoms with van der Waals surface area (Å²) < 4.78 is 0. The van der Waals surface area contributed by atoms with Crippen LogP contribution in [-0.4, -0.2) is 5.16 Å². The highest BCUT2D eigenvalue weighted by Gasteiger charge is 2.57. The molecule has 0 N–H and O–H groups in total. The van der Waals surface area contributed by atoms with E-state index in [-0.39, 0.29) is 5.16 Å². The second kappa shape index (κ2) is 6.33. The first kappa shape index (κ1) is 17.7. The van der Waals surface area contributed by atoms with Gasteiger partial charge in [0.25, 0.3) is 0 Å². The highest BCUT2D eigenvalue weighted by atomic mass is 31.0. The average Bonchev–Trinajstić information content (AvgIpc) is 2.85. The van der Waals surface area contributed by atoms with Crippen LogP contribution in [0.5, 0.6) is 0 Å². The first-order valence-electron chi connectivity index (χ1n) is 9.94. The molecule has 23 heavy (non-hydrogen) atoms. The van der Waals surface area contributed by atoms with Crippen LogP contribution in [0.4, 0.5) is 0 Å². The van der Waals surface area contributed by atoms with Gasteiger partial charge in [0, 0.05) is 5.16 Å². The molecule has 3 aliphatic rings. The molecule has 130 valence electrons. The van der Waals surface area contributed by atoms with Crippen molar-refractivity contribution >= 4 is 9.24 Å². The quantitative estimate of drug-likeness (QED) is 0.393. The molecule has 0 heterocycles. The van der Waals surface area contributed by atoms with E-state index >= 15 is 0 Å². The molecule has 0 bridgehead atoms. The minimum Gasteiger partial charge on any atom is -0.126 e. The van der Waals surface area contributed by atoms with E-state index in [9.17, 15) is 0 Å². The van der Waals surface area contributed by atoms with E-state index < -0.39 is 0 Å². The van der Waals surface area contributed by atoms with Crippen molar-refractivity contribution in [1.82, 2.24) is 0 Å². The Hall–Kier alpha value is -0.0900. The Morgan fingerprint density at radius 3 is 2.61 bits per heavy atom. The van der Waals surface area contributed by atoms with Gasteiger partial charge in [-0.3, -0.25) is 0 Å². The summed E-state index contributed by atoms with van der Waals surface area (Å²) in [6.45, 7) is 15.9. The van der Waals surface area contributed by atoms with Crippen molar-refractivity contribution in [3.63, 3.8) is 0 Å². The third-order valence-corrected chi connectivity index (χ3v) is 9.32. The molecule has 0 aliphatic heterocycles. The normalized spacial score (nSPS) is 46.3. The highest BCUT2D eigenvalue weighted by molar-refractivity contribution is 7.19. The molecule has 1 heteroatoms. The van der Waals surface area contributed by atoms with Crippen molar-refractivity contribution in [2.45, 2.75) is 83.7 Å². The predicted octanol–water partition coefficient (Wildman–Crippen LogP) is 6.78. The van der Waals surface area contributed by atoms with Gasteiger partial charge in [-0.25, -0.2) is 0 Å². The molecular formula is C22H37P. The molecule has 0 saturated heterocycles. The molecule has 0 aromatic rings. The maximum Gasteiger partial charge on any atom is 0.00877 e. The van der Waals surface area contributed by atoms with Crippen molar-refractivity contribution in [2.75, 3.05) is 0 Å². The molecule has 3 rings (SSSR count). The zero-order valence-corrected chi connectivity index (χ0v) is 16.8. The fourth-order valence-corrected chi connectivity index (χ4v) is 7.43. The summed E-state index contributed by atoms with van der Waals surface area (Å²) in [6.07, 6.45) is 12.3. The van der Waals surface area contributed by atoms with Crippen molar-refractivity contribution in [1.29, 1.82) is 0 Å². The van der Waals surface area contributed by atoms with Crippen LogP contribution < -0.4 is 0 Å². The van der Waals surface area contributed by atoms with Crippen LogP contribution in [0.1, 0.15) is 78.6 Å². The minimum atomic E-state index is 0.285. The predicted molar refractivity (Wildman–Crippen MR) is 106 cm³/mol. The zero-order chi connectivity index (χ0) is 16.8. The monoisotopic (exact) mass is 332 g/mol. The lowest BCUT2D eigenvalue weighted by molar-refractivity contribution is -0.0134. The van der Waals surface area contributed by atoms with Gasteiger partial charge in [0.15, 0.2) is 0 Å². The van der Waals surface area contributed by atoms with Gasteiger partial charge in [-0.05, 0) is 87.4 Å². The summed E-state index contributed by atoms with van der Waals surface area (Å²) in [6, 6.07) is 0. The number of hydrogen-bond acceptors (Lipinski definition) is 0. The largest absolute Gasteiger partial charge is 0.126 e. The second-order valence-corrected chi connectivity index (χ2v) is 10.3. The minimum absolute atomic E-state index is 0.285. The molecule has 7 unspecified atom stereocenters. The Kier molecular flexibility index (Phi) is 4.88. The van der Waals surface area contributed by atoms with Gasteiger partial charge < -0.3 is 0 Å². The van der Waals surface area contributed by atoms with Crippen LogP contribution in [0.15, 0.2) is 24.3 Å². The topological polar surface area (TPSA) is 0 Å². The van der Waals surface area contributed by atoms with Crippen molar-refractivity contribution in [3.05, 3.63) is 24.3 Å². The fraction of sp³-hybridized carbons (Fsp3) is 0.818. The van der Waals surface area contributed by atoms with Crippen LogP contribution in [0, 0.1) is 29.1 Å². The Labute approximate surface area is 146 Å². The SMILES string of the molecule is C=C(C)CCC1(P)C(=C)CCC2C1CCC1(C)C(CC)CCC21. The van der Waals surface area contributed by atoms with Crippen molar-refractivity contribution in [2.24, 2.45) is 29.1 Å². The maximum atomic E-state index is 4.52. The smallest absolute Gasteiger partial charge is 0.00877 e. The maximum absolute atomic E-state index is 4.52.